The molecule has 0 saturated carbocycles. The SMILES string of the molecule is CC[C@@H](OC)C(=O)Nc1c(C(=O)N2CCOCC2)oc2ccccc12. The number of morpholine rings is 1. The van der Waals surface area contributed by atoms with Crippen LogP contribution in [-0.4, -0.2) is 56.2 Å². The van der Waals surface area contributed by atoms with Gasteiger partial charge in [-0.2, -0.15) is 0 Å². The van der Waals surface area contributed by atoms with Crippen LogP contribution >= 0.6 is 0 Å². The zero-order chi connectivity index (χ0) is 17.8. The number of rotatable bonds is 5. The first kappa shape index (κ1) is 17.4. The first-order valence-corrected chi connectivity index (χ1v) is 8.38. The van der Waals surface area contributed by atoms with Gasteiger partial charge in [-0.05, 0) is 18.6 Å². The van der Waals surface area contributed by atoms with E-state index in [1.807, 2.05) is 25.1 Å². The standard InChI is InChI=1S/C18H22N2O5/c1-3-13(23-2)17(21)19-15-12-6-4-5-7-14(12)25-16(15)18(22)20-8-10-24-11-9-20/h4-7,13H,3,8-11H2,1-2H3,(H,19,21)/t13-/m1/s1. The summed E-state index contributed by atoms with van der Waals surface area (Å²) in [5.41, 5.74) is 0.951. The fourth-order valence-corrected chi connectivity index (χ4v) is 2.89. The molecule has 2 aromatic rings. The molecule has 134 valence electrons. The molecule has 1 aromatic carbocycles. The lowest BCUT2D eigenvalue weighted by molar-refractivity contribution is -0.125. The highest BCUT2D eigenvalue weighted by Gasteiger charge is 2.28. The first-order chi connectivity index (χ1) is 12.2. The van der Waals surface area contributed by atoms with Gasteiger partial charge in [-0.1, -0.05) is 19.1 Å². The van der Waals surface area contributed by atoms with Crippen LogP contribution < -0.4 is 5.32 Å². The monoisotopic (exact) mass is 346 g/mol. The normalized spacial score (nSPS) is 16.0. The minimum absolute atomic E-state index is 0.141. The largest absolute Gasteiger partial charge is 0.449 e. The zero-order valence-corrected chi connectivity index (χ0v) is 14.4. The second-order valence-electron chi connectivity index (χ2n) is 5.83. The molecule has 0 unspecified atom stereocenters. The molecule has 7 heteroatoms. The molecule has 1 aliphatic rings. The quantitative estimate of drug-likeness (QED) is 0.898. The van der Waals surface area contributed by atoms with Crippen molar-refractivity contribution in [3.05, 3.63) is 30.0 Å². The summed E-state index contributed by atoms with van der Waals surface area (Å²) in [4.78, 5) is 27.0. The van der Waals surface area contributed by atoms with Crippen molar-refractivity contribution in [3.63, 3.8) is 0 Å². The number of methoxy groups -OCH3 is 1. The van der Waals surface area contributed by atoms with Crippen molar-refractivity contribution in [2.45, 2.75) is 19.4 Å². The Kier molecular flexibility index (Phi) is 5.35. The topological polar surface area (TPSA) is 81.0 Å². The van der Waals surface area contributed by atoms with Crippen molar-refractivity contribution >= 4 is 28.5 Å². The van der Waals surface area contributed by atoms with Crippen LogP contribution in [0.15, 0.2) is 28.7 Å². The van der Waals surface area contributed by atoms with Gasteiger partial charge in [-0.3, -0.25) is 9.59 Å². The Morgan fingerprint density at radius 1 is 1.28 bits per heavy atom. The van der Waals surface area contributed by atoms with Crippen molar-refractivity contribution in [1.82, 2.24) is 4.90 Å². The van der Waals surface area contributed by atoms with Crippen LogP contribution in [0.1, 0.15) is 23.9 Å². The van der Waals surface area contributed by atoms with Crippen molar-refractivity contribution < 1.29 is 23.5 Å². The van der Waals surface area contributed by atoms with E-state index in [1.54, 1.807) is 11.0 Å². The predicted octanol–water partition coefficient (Wildman–Crippen LogP) is 2.27. The molecule has 1 atom stereocenters. The molecule has 0 bridgehead atoms. The summed E-state index contributed by atoms with van der Waals surface area (Å²) >= 11 is 0. The smallest absolute Gasteiger partial charge is 0.291 e. The lowest BCUT2D eigenvalue weighted by atomic mass is 10.2. The van der Waals surface area contributed by atoms with Crippen molar-refractivity contribution in [2.24, 2.45) is 0 Å². The number of para-hydroxylation sites is 1. The Balaban J connectivity index is 1.97. The maximum Gasteiger partial charge on any atom is 0.291 e. The number of anilines is 1. The molecule has 1 saturated heterocycles. The molecule has 7 nitrogen and oxygen atoms in total. The summed E-state index contributed by atoms with van der Waals surface area (Å²) in [7, 11) is 1.49. The van der Waals surface area contributed by atoms with E-state index in [9.17, 15) is 9.59 Å². The number of nitrogens with one attached hydrogen (secondary N) is 1. The van der Waals surface area contributed by atoms with Gasteiger partial charge in [0.1, 0.15) is 17.4 Å². The number of carbonyl (C=O) groups excluding carboxylic acids is 2. The lowest BCUT2D eigenvalue weighted by Crippen LogP contribution is -2.41. The molecule has 0 radical (unpaired) electrons. The van der Waals surface area contributed by atoms with E-state index in [1.165, 1.54) is 7.11 Å². The van der Waals surface area contributed by atoms with E-state index in [0.29, 0.717) is 49.4 Å². The highest BCUT2D eigenvalue weighted by molar-refractivity contribution is 6.11. The Morgan fingerprint density at radius 2 is 2.00 bits per heavy atom. The van der Waals surface area contributed by atoms with Gasteiger partial charge in [0.2, 0.25) is 5.76 Å². The molecule has 25 heavy (non-hydrogen) atoms. The van der Waals surface area contributed by atoms with Gasteiger partial charge in [0.25, 0.3) is 11.8 Å². The maximum absolute atomic E-state index is 12.9. The molecule has 0 aliphatic carbocycles. The number of amides is 2. The number of carbonyl (C=O) groups is 2. The Bertz CT molecular complexity index is 760. The number of fused-ring (bicyclic) bond motifs is 1. The fourth-order valence-electron chi connectivity index (χ4n) is 2.89. The van der Waals surface area contributed by atoms with Gasteiger partial charge in [0.15, 0.2) is 0 Å². The molecular weight excluding hydrogens is 324 g/mol. The summed E-state index contributed by atoms with van der Waals surface area (Å²) in [5.74, 6) is -0.407. The first-order valence-electron chi connectivity index (χ1n) is 8.38. The van der Waals surface area contributed by atoms with Gasteiger partial charge in [-0.15, -0.1) is 0 Å². The average Bonchev–Trinajstić information content (AvgIpc) is 3.01. The maximum atomic E-state index is 12.9. The lowest BCUT2D eigenvalue weighted by Gasteiger charge is -2.26. The van der Waals surface area contributed by atoms with Crippen molar-refractivity contribution in [3.8, 4) is 0 Å². The van der Waals surface area contributed by atoms with Gasteiger partial charge in [0, 0.05) is 25.6 Å². The minimum atomic E-state index is -0.583. The van der Waals surface area contributed by atoms with Crippen LogP contribution in [0, 0.1) is 0 Å². The third-order valence-corrected chi connectivity index (χ3v) is 4.28. The van der Waals surface area contributed by atoms with Gasteiger partial charge in [0.05, 0.1) is 13.2 Å². The Morgan fingerprint density at radius 3 is 2.68 bits per heavy atom. The second kappa shape index (κ2) is 7.67. The number of benzene rings is 1. The van der Waals surface area contributed by atoms with Gasteiger partial charge in [-0.25, -0.2) is 0 Å². The summed E-state index contributed by atoms with van der Waals surface area (Å²) in [6.07, 6.45) is -0.0507. The summed E-state index contributed by atoms with van der Waals surface area (Å²) in [6.45, 7) is 3.85. The Hall–Kier alpha value is -2.38. The van der Waals surface area contributed by atoms with E-state index in [0.717, 1.165) is 0 Å². The minimum Gasteiger partial charge on any atom is -0.449 e. The van der Waals surface area contributed by atoms with Crippen LogP contribution in [0.5, 0.6) is 0 Å². The third-order valence-electron chi connectivity index (χ3n) is 4.28. The molecule has 0 spiro atoms. The van der Waals surface area contributed by atoms with Gasteiger partial charge >= 0.3 is 0 Å². The number of hydrogen-bond acceptors (Lipinski definition) is 5. The molecule has 1 aromatic heterocycles. The van der Waals surface area contributed by atoms with Crippen molar-refractivity contribution in [2.75, 3.05) is 38.7 Å². The Labute approximate surface area is 145 Å². The van der Waals surface area contributed by atoms with Crippen LogP contribution in [0.2, 0.25) is 0 Å². The van der Waals surface area contributed by atoms with Crippen LogP contribution in [0.25, 0.3) is 11.0 Å². The highest BCUT2D eigenvalue weighted by atomic mass is 16.5. The second-order valence-corrected chi connectivity index (χ2v) is 5.83. The number of hydrogen-bond donors (Lipinski definition) is 1. The van der Waals surface area contributed by atoms with E-state index >= 15 is 0 Å². The molecule has 2 amide bonds. The number of furan rings is 1. The average molecular weight is 346 g/mol. The van der Waals surface area contributed by atoms with Crippen LogP contribution in [-0.2, 0) is 14.3 Å². The predicted molar refractivity (Wildman–Crippen MR) is 92.7 cm³/mol. The fraction of sp³-hybridized carbons (Fsp3) is 0.444. The van der Waals surface area contributed by atoms with E-state index < -0.39 is 6.10 Å². The molecule has 1 N–H and O–H groups in total. The summed E-state index contributed by atoms with van der Waals surface area (Å²) in [5, 5.41) is 3.51. The number of ether oxygens (including phenoxy) is 2. The van der Waals surface area contributed by atoms with Crippen molar-refractivity contribution in [1.29, 1.82) is 0 Å². The van der Waals surface area contributed by atoms with E-state index in [-0.39, 0.29) is 17.6 Å². The zero-order valence-electron chi connectivity index (χ0n) is 14.4. The van der Waals surface area contributed by atoms with Gasteiger partial charge < -0.3 is 24.1 Å². The number of nitrogens with zero attached hydrogens (tertiary/aromatic N) is 1. The molecule has 1 aliphatic heterocycles. The molecule has 1 fully saturated rings. The highest BCUT2D eigenvalue weighted by Crippen LogP contribution is 2.32. The van der Waals surface area contributed by atoms with E-state index in [4.69, 9.17) is 13.9 Å². The van der Waals surface area contributed by atoms with Crippen LogP contribution in [0.3, 0.4) is 0 Å². The summed E-state index contributed by atoms with van der Waals surface area (Å²) < 4.78 is 16.2. The molecule has 2 heterocycles. The molecule has 3 rings (SSSR count). The summed E-state index contributed by atoms with van der Waals surface area (Å²) in [6, 6.07) is 7.25. The third kappa shape index (κ3) is 3.52. The van der Waals surface area contributed by atoms with Crippen LogP contribution in [0.4, 0.5) is 5.69 Å². The van der Waals surface area contributed by atoms with E-state index in [2.05, 4.69) is 5.32 Å². The molecular formula is C18H22N2O5.